The van der Waals surface area contributed by atoms with E-state index in [1.807, 2.05) is 76.2 Å². The van der Waals surface area contributed by atoms with Gasteiger partial charge in [-0.3, -0.25) is 9.59 Å². The van der Waals surface area contributed by atoms with Gasteiger partial charge in [-0.15, -0.1) is 0 Å². The van der Waals surface area contributed by atoms with Gasteiger partial charge >= 0.3 is 0 Å². The predicted molar refractivity (Wildman–Crippen MR) is 140 cm³/mol. The van der Waals surface area contributed by atoms with E-state index in [1.54, 1.807) is 18.2 Å². The molecule has 2 amide bonds. The molecule has 190 valence electrons. The lowest BCUT2D eigenvalue weighted by atomic mass is 10.0. The Kier molecular flexibility index (Phi) is 9.62. The molecule has 5 nitrogen and oxygen atoms in total. The number of carbonyl (C=O) groups is 2. The van der Waals surface area contributed by atoms with Gasteiger partial charge in [0.15, 0.2) is 6.61 Å². The van der Waals surface area contributed by atoms with E-state index in [9.17, 15) is 14.0 Å². The highest BCUT2D eigenvalue weighted by molar-refractivity contribution is 5.88. The molecule has 0 saturated heterocycles. The summed E-state index contributed by atoms with van der Waals surface area (Å²) in [6.45, 7) is 7.46. The van der Waals surface area contributed by atoms with Gasteiger partial charge in [-0.1, -0.05) is 67.6 Å². The molecular formula is C30H35FN2O3. The highest BCUT2D eigenvalue weighted by Gasteiger charge is 2.31. The van der Waals surface area contributed by atoms with Gasteiger partial charge in [0, 0.05) is 24.6 Å². The number of carbonyl (C=O) groups excluding carboxylic acids is 2. The third-order valence-electron chi connectivity index (χ3n) is 6.27. The van der Waals surface area contributed by atoms with Gasteiger partial charge in [-0.2, -0.15) is 0 Å². The molecule has 0 aromatic heterocycles. The van der Waals surface area contributed by atoms with E-state index >= 15 is 0 Å². The minimum Gasteiger partial charge on any atom is -0.483 e. The van der Waals surface area contributed by atoms with E-state index in [1.165, 1.54) is 11.0 Å². The van der Waals surface area contributed by atoms with Crippen molar-refractivity contribution in [2.45, 2.75) is 59.2 Å². The number of halogens is 1. The summed E-state index contributed by atoms with van der Waals surface area (Å²) >= 11 is 0. The number of amides is 2. The maximum atomic E-state index is 14.6. The third kappa shape index (κ3) is 7.41. The Bertz CT molecular complexity index is 1170. The number of benzene rings is 3. The maximum Gasteiger partial charge on any atom is 0.261 e. The molecule has 3 rings (SSSR count). The van der Waals surface area contributed by atoms with E-state index in [-0.39, 0.29) is 31.0 Å². The van der Waals surface area contributed by atoms with Crippen LogP contribution in [0.15, 0.2) is 72.8 Å². The highest BCUT2D eigenvalue weighted by Crippen LogP contribution is 2.21. The molecule has 3 aromatic rings. The van der Waals surface area contributed by atoms with Crippen LogP contribution < -0.4 is 10.1 Å². The average molecular weight is 491 g/mol. The smallest absolute Gasteiger partial charge is 0.261 e. The SMILES string of the molecule is CC[C@H](C)NC(=O)[C@H](Cc1ccccc1)N(Cc1ccccc1F)C(=O)COc1cc(C)ccc1C. The summed E-state index contributed by atoms with van der Waals surface area (Å²) in [7, 11) is 0. The normalized spacial score (nSPS) is 12.5. The van der Waals surface area contributed by atoms with Crippen molar-refractivity contribution in [1.82, 2.24) is 10.2 Å². The molecule has 0 radical (unpaired) electrons. The van der Waals surface area contributed by atoms with Crippen molar-refractivity contribution in [1.29, 1.82) is 0 Å². The van der Waals surface area contributed by atoms with Crippen molar-refractivity contribution in [2.75, 3.05) is 6.61 Å². The number of hydrogen-bond acceptors (Lipinski definition) is 3. The number of nitrogens with one attached hydrogen (secondary N) is 1. The summed E-state index contributed by atoms with van der Waals surface area (Å²) in [6, 6.07) is 20.7. The fourth-order valence-electron chi connectivity index (χ4n) is 3.89. The second-order valence-corrected chi connectivity index (χ2v) is 9.19. The van der Waals surface area contributed by atoms with Crippen LogP contribution >= 0.6 is 0 Å². The fraction of sp³-hybridized carbons (Fsp3) is 0.333. The second-order valence-electron chi connectivity index (χ2n) is 9.19. The quantitative estimate of drug-likeness (QED) is 0.393. The van der Waals surface area contributed by atoms with Gasteiger partial charge in [-0.25, -0.2) is 4.39 Å². The largest absolute Gasteiger partial charge is 0.483 e. The first-order valence-corrected chi connectivity index (χ1v) is 12.4. The summed E-state index contributed by atoms with van der Waals surface area (Å²) in [5.74, 6) is -0.478. The lowest BCUT2D eigenvalue weighted by Gasteiger charge is -2.32. The van der Waals surface area contributed by atoms with E-state index in [0.29, 0.717) is 17.7 Å². The van der Waals surface area contributed by atoms with E-state index < -0.39 is 11.9 Å². The van der Waals surface area contributed by atoms with Gasteiger partial charge in [0.05, 0.1) is 0 Å². The van der Waals surface area contributed by atoms with Crippen LogP contribution in [0.2, 0.25) is 0 Å². The summed E-state index contributed by atoms with van der Waals surface area (Å²) in [5.41, 5.74) is 3.17. The maximum absolute atomic E-state index is 14.6. The van der Waals surface area contributed by atoms with Gasteiger partial charge in [0.2, 0.25) is 5.91 Å². The van der Waals surface area contributed by atoms with Crippen LogP contribution in [0.5, 0.6) is 5.75 Å². The van der Waals surface area contributed by atoms with Gasteiger partial charge in [0.1, 0.15) is 17.6 Å². The zero-order valence-electron chi connectivity index (χ0n) is 21.5. The van der Waals surface area contributed by atoms with Crippen molar-refractivity contribution in [3.63, 3.8) is 0 Å². The Balaban J connectivity index is 1.94. The lowest BCUT2D eigenvalue weighted by Crippen LogP contribution is -2.53. The van der Waals surface area contributed by atoms with Crippen LogP contribution in [0.3, 0.4) is 0 Å². The van der Waals surface area contributed by atoms with E-state index in [0.717, 1.165) is 23.1 Å². The molecule has 0 unspecified atom stereocenters. The lowest BCUT2D eigenvalue weighted by molar-refractivity contribution is -0.143. The number of hydrogen-bond donors (Lipinski definition) is 1. The minimum atomic E-state index is -0.837. The number of ether oxygens (including phenoxy) is 1. The molecule has 0 aliphatic carbocycles. The Morgan fingerprint density at radius 3 is 2.39 bits per heavy atom. The monoisotopic (exact) mass is 490 g/mol. The average Bonchev–Trinajstić information content (AvgIpc) is 2.87. The van der Waals surface area contributed by atoms with E-state index in [4.69, 9.17) is 4.74 Å². The van der Waals surface area contributed by atoms with Crippen LogP contribution in [0.4, 0.5) is 4.39 Å². The van der Waals surface area contributed by atoms with Crippen molar-refractivity contribution < 1.29 is 18.7 Å². The first-order valence-electron chi connectivity index (χ1n) is 12.4. The van der Waals surface area contributed by atoms with Gasteiger partial charge < -0.3 is 15.0 Å². The molecule has 36 heavy (non-hydrogen) atoms. The summed E-state index contributed by atoms with van der Waals surface area (Å²) in [6.07, 6.45) is 1.05. The Morgan fingerprint density at radius 2 is 1.69 bits per heavy atom. The van der Waals surface area contributed by atoms with Crippen molar-refractivity contribution >= 4 is 11.8 Å². The molecule has 3 aromatic carbocycles. The van der Waals surface area contributed by atoms with Crippen LogP contribution in [-0.4, -0.2) is 35.4 Å². The molecule has 0 saturated carbocycles. The molecule has 0 aliphatic rings. The van der Waals surface area contributed by atoms with Crippen LogP contribution in [-0.2, 0) is 22.6 Å². The van der Waals surface area contributed by atoms with Crippen LogP contribution in [0, 0.1) is 19.7 Å². The minimum absolute atomic E-state index is 0.0485. The first-order chi connectivity index (χ1) is 17.3. The molecule has 2 atom stereocenters. The summed E-state index contributed by atoms with van der Waals surface area (Å²) < 4.78 is 20.5. The van der Waals surface area contributed by atoms with Crippen molar-refractivity contribution in [2.24, 2.45) is 0 Å². The molecular weight excluding hydrogens is 455 g/mol. The number of rotatable bonds is 11. The first kappa shape index (κ1) is 26.9. The van der Waals surface area contributed by atoms with Gasteiger partial charge in [-0.05, 0) is 56.0 Å². The van der Waals surface area contributed by atoms with Crippen molar-refractivity contribution in [3.05, 3.63) is 101 Å². The second kappa shape index (κ2) is 12.9. The Hall–Kier alpha value is -3.67. The topological polar surface area (TPSA) is 58.6 Å². The summed E-state index contributed by atoms with van der Waals surface area (Å²) in [5, 5.41) is 3.01. The standard InChI is InChI=1S/C30H35FN2O3/c1-5-23(4)32-30(35)27(18-24-11-7-6-8-12-24)33(19-25-13-9-10-14-26(25)31)29(34)20-36-28-17-21(2)15-16-22(28)3/h6-17,23,27H,5,18-20H2,1-4H3,(H,32,35)/t23-,27-/m0/s1. The van der Waals surface area contributed by atoms with Crippen LogP contribution in [0.1, 0.15) is 42.5 Å². The Morgan fingerprint density at radius 1 is 1.00 bits per heavy atom. The zero-order valence-corrected chi connectivity index (χ0v) is 21.5. The molecule has 1 N–H and O–H groups in total. The summed E-state index contributed by atoms with van der Waals surface area (Å²) in [4.78, 5) is 28.5. The van der Waals surface area contributed by atoms with Crippen LogP contribution in [0.25, 0.3) is 0 Å². The molecule has 6 heteroatoms. The third-order valence-corrected chi connectivity index (χ3v) is 6.27. The molecule has 0 fully saturated rings. The highest BCUT2D eigenvalue weighted by atomic mass is 19.1. The van der Waals surface area contributed by atoms with E-state index in [2.05, 4.69) is 5.32 Å². The van der Waals surface area contributed by atoms with Crippen molar-refractivity contribution in [3.8, 4) is 5.75 Å². The Labute approximate surface area is 213 Å². The fourth-order valence-corrected chi connectivity index (χ4v) is 3.89. The zero-order chi connectivity index (χ0) is 26.1. The molecule has 0 heterocycles. The van der Waals surface area contributed by atoms with Gasteiger partial charge in [0.25, 0.3) is 5.91 Å². The molecule has 0 spiro atoms. The number of aryl methyl sites for hydroxylation is 2. The molecule has 0 aliphatic heterocycles. The predicted octanol–water partition coefficient (Wildman–Crippen LogP) is 5.38. The molecule has 0 bridgehead atoms. The number of nitrogens with zero attached hydrogens (tertiary/aromatic N) is 1.